The van der Waals surface area contributed by atoms with Gasteiger partial charge in [0, 0.05) is 12.1 Å². The Morgan fingerprint density at radius 2 is 1.95 bits per heavy atom. The van der Waals surface area contributed by atoms with E-state index in [1.165, 1.54) is 0 Å². The lowest BCUT2D eigenvalue weighted by molar-refractivity contribution is 0.559. The zero-order chi connectivity index (χ0) is 13.8. The molecule has 1 aromatic heterocycles. The van der Waals surface area contributed by atoms with Crippen LogP contribution in [0, 0.1) is 23.0 Å². The van der Waals surface area contributed by atoms with Gasteiger partial charge in [0.25, 0.3) is 0 Å². The minimum absolute atomic E-state index is 0.0211. The van der Waals surface area contributed by atoms with Crippen molar-refractivity contribution in [3.63, 3.8) is 0 Å². The standard InChI is InChI=1S/C13H8BrF2N3/c14-13-2-1-9(6-19-13)18-7-10-11(15)3-8(5-17)4-12(10)16/h1-4,6,18H,7H2. The quantitative estimate of drug-likeness (QED) is 0.878. The molecular weight excluding hydrogens is 316 g/mol. The Kier molecular flexibility index (Phi) is 4.07. The van der Waals surface area contributed by atoms with Crippen molar-refractivity contribution in [1.82, 2.24) is 4.98 Å². The molecule has 0 amide bonds. The average molecular weight is 324 g/mol. The number of rotatable bonds is 3. The number of nitrogens with one attached hydrogen (secondary N) is 1. The van der Waals surface area contributed by atoms with Gasteiger partial charge in [0.1, 0.15) is 16.2 Å². The molecule has 0 unspecified atom stereocenters. The van der Waals surface area contributed by atoms with Crippen molar-refractivity contribution < 1.29 is 8.78 Å². The van der Waals surface area contributed by atoms with E-state index in [0.29, 0.717) is 10.3 Å². The van der Waals surface area contributed by atoms with Crippen molar-refractivity contribution in [2.24, 2.45) is 0 Å². The van der Waals surface area contributed by atoms with E-state index >= 15 is 0 Å². The molecule has 0 aliphatic carbocycles. The van der Waals surface area contributed by atoms with Gasteiger partial charge < -0.3 is 5.32 Å². The van der Waals surface area contributed by atoms with Crippen molar-refractivity contribution in [3.8, 4) is 6.07 Å². The Morgan fingerprint density at radius 1 is 1.26 bits per heavy atom. The molecule has 0 bridgehead atoms. The van der Waals surface area contributed by atoms with Crippen LogP contribution in [0.15, 0.2) is 35.1 Å². The fourth-order valence-corrected chi connectivity index (χ4v) is 1.74. The number of nitriles is 1. The van der Waals surface area contributed by atoms with Crippen molar-refractivity contribution in [3.05, 3.63) is 57.8 Å². The third-order valence-electron chi connectivity index (χ3n) is 2.47. The van der Waals surface area contributed by atoms with Gasteiger partial charge in [0.2, 0.25) is 0 Å². The first-order valence-corrected chi connectivity index (χ1v) is 6.13. The molecule has 1 aromatic carbocycles. The van der Waals surface area contributed by atoms with E-state index in [-0.39, 0.29) is 17.7 Å². The molecular formula is C13H8BrF2N3. The molecule has 2 rings (SSSR count). The molecule has 96 valence electrons. The number of anilines is 1. The lowest BCUT2D eigenvalue weighted by atomic mass is 10.1. The summed E-state index contributed by atoms with van der Waals surface area (Å²) in [6, 6.07) is 7.18. The summed E-state index contributed by atoms with van der Waals surface area (Å²) in [7, 11) is 0. The van der Waals surface area contributed by atoms with Gasteiger partial charge in [-0.25, -0.2) is 13.8 Å². The number of benzene rings is 1. The zero-order valence-corrected chi connectivity index (χ0v) is 11.2. The molecule has 0 aliphatic heterocycles. The second-order valence-corrected chi connectivity index (χ2v) is 4.57. The SMILES string of the molecule is N#Cc1cc(F)c(CNc2ccc(Br)nc2)c(F)c1. The molecule has 0 spiro atoms. The van der Waals surface area contributed by atoms with Crippen molar-refractivity contribution in [2.45, 2.75) is 6.54 Å². The maximum atomic E-state index is 13.6. The van der Waals surface area contributed by atoms with Gasteiger partial charge in [-0.1, -0.05) is 0 Å². The second-order valence-electron chi connectivity index (χ2n) is 3.75. The predicted octanol–water partition coefficient (Wildman–Crippen LogP) is 3.61. The Labute approximate surface area is 117 Å². The van der Waals surface area contributed by atoms with Gasteiger partial charge in [-0.2, -0.15) is 5.26 Å². The first-order valence-electron chi connectivity index (χ1n) is 5.33. The van der Waals surface area contributed by atoms with Crippen LogP contribution in [0.3, 0.4) is 0 Å². The number of aromatic nitrogens is 1. The van der Waals surface area contributed by atoms with E-state index in [9.17, 15) is 8.78 Å². The van der Waals surface area contributed by atoms with Crippen LogP contribution in [0.4, 0.5) is 14.5 Å². The summed E-state index contributed by atoms with van der Waals surface area (Å²) in [6.07, 6.45) is 1.55. The molecule has 0 saturated carbocycles. The third-order valence-corrected chi connectivity index (χ3v) is 2.94. The van der Waals surface area contributed by atoms with E-state index in [1.54, 1.807) is 24.4 Å². The molecule has 3 nitrogen and oxygen atoms in total. The highest BCUT2D eigenvalue weighted by molar-refractivity contribution is 9.10. The maximum Gasteiger partial charge on any atom is 0.132 e. The molecule has 0 atom stereocenters. The van der Waals surface area contributed by atoms with Crippen LogP contribution in [-0.4, -0.2) is 4.98 Å². The largest absolute Gasteiger partial charge is 0.379 e. The van der Waals surface area contributed by atoms with Gasteiger partial charge in [-0.3, -0.25) is 0 Å². The average Bonchev–Trinajstić information content (AvgIpc) is 2.39. The minimum atomic E-state index is -0.742. The van der Waals surface area contributed by atoms with Crippen molar-refractivity contribution >= 4 is 21.6 Å². The molecule has 2 aromatic rings. The first-order chi connectivity index (χ1) is 9.10. The summed E-state index contributed by atoms with van der Waals surface area (Å²) in [6.45, 7) is -0.0211. The highest BCUT2D eigenvalue weighted by Gasteiger charge is 2.11. The normalized spacial score (nSPS) is 10.0. The van der Waals surface area contributed by atoms with Gasteiger partial charge in [0.05, 0.1) is 23.5 Å². The lowest BCUT2D eigenvalue weighted by Gasteiger charge is -2.08. The summed E-state index contributed by atoms with van der Waals surface area (Å²) >= 11 is 3.19. The zero-order valence-electron chi connectivity index (χ0n) is 9.62. The number of hydrogen-bond donors (Lipinski definition) is 1. The van der Waals surface area contributed by atoms with Crippen molar-refractivity contribution in [2.75, 3.05) is 5.32 Å². The first kappa shape index (κ1) is 13.4. The Bertz CT molecular complexity index is 612. The van der Waals surface area contributed by atoms with Gasteiger partial charge >= 0.3 is 0 Å². The van der Waals surface area contributed by atoms with Gasteiger partial charge in [0.15, 0.2) is 0 Å². The van der Waals surface area contributed by atoms with Crippen LogP contribution in [0.25, 0.3) is 0 Å². The van der Waals surface area contributed by atoms with Crippen LogP contribution in [-0.2, 0) is 6.54 Å². The monoisotopic (exact) mass is 323 g/mol. The van der Waals surface area contributed by atoms with Crippen LogP contribution >= 0.6 is 15.9 Å². The van der Waals surface area contributed by atoms with E-state index in [4.69, 9.17) is 5.26 Å². The number of pyridine rings is 1. The highest BCUT2D eigenvalue weighted by atomic mass is 79.9. The van der Waals surface area contributed by atoms with E-state index in [0.717, 1.165) is 12.1 Å². The molecule has 0 radical (unpaired) electrons. The summed E-state index contributed by atoms with van der Waals surface area (Å²) in [5.41, 5.74) is 0.498. The molecule has 19 heavy (non-hydrogen) atoms. The molecule has 0 aliphatic rings. The van der Waals surface area contributed by atoms with Crippen LogP contribution in [0.2, 0.25) is 0 Å². The number of halogens is 3. The van der Waals surface area contributed by atoms with Gasteiger partial charge in [-0.15, -0.1) is 0 Å². The molecule has 1 N–H and O–H groups in total. The molecule has 0 saturated heterocycles. The van der Waals surface area contributed by atoms with Crippen molar-refractivity contribution in [1.29, 1.82) is 5.26 Å². The Morgan fingerprint density at radius 3 is 2.47 bits per heavy atom. The maximum absolute atomic E-state index is 13.6. The number of hydrogen-bond acceptors (Lipinski definition) is 3. The molecule has 6 heteroatoms. The van der Waals surface area contributed by atoms with Gasteiger partial charge in [-0.05, 0) is 40.2 Å². The number of nitrogens with zero attached hydrogens (tertiary/aromatic N) is 2. The van der Waals surface area contributed by atoms with E-state index in [1.807, 2.05) is 0 Å². The summed E-state index contributed by atoms with van der Waals surface area (Å²) in [5, 5.41) is 11.5. The summed E-state index contributed by atoms with van der Waals surface area (Å²) in [5.74, 6) is -1.48. The predicted molar refractivity (Wildman–Crippen MR) is 70.3 cm³/mol. The fourth-order valence-electron chi connectivity index (χ4n) is 1.51. The smallest absolute Gasteiger partial charge is 0.132 e. The lowest BCUT2D eigenvalue weighted by Crippen LogP contribution is -2.05. The minimum Gasteiger partial charge on any atom is -0.379 e. The van der Waals surface area contributed by atoms with Crippen LogP contribution < -0.4 is 5.32 Å². The van der Waals surface area contributed by atoms with Crippen LogP contribution in [0.5, 0.6) is 0 Å². The molecule has 0 fully saturated rings. The fraction of sp³-hybridized carbons (Fsp3) is 0.0769. The Hall–Kier alpha value is -2.00. The summed E-state index contributed by atoms with van der Waals surface area (Å²) < 4.78 is 27.9. The van der Waals surface area contributed by atoms with E-state index < -0.39 is 11.6 Å². The summed E-state index contributed by atoms with van der Waals surface area (Å²) in [4.78, 5) is 3.99. The second kappa shape index (κ2) is 5.76. The topological polar surface area (TPSA) is 48.7 Å². The molecule has 1 heterocycles. The Balaban J connectivity index is 2.16. The van der Waals surface area contributed by atoms with Crippen LogP contribution in [0.1, 0.15) is 11.1 Å². The highest BCUT2D eigenvalue weighted by Crippen LogP contribution is 2.17. The van der Waals surface area contributed by atoms with E-state index in [2.05, 4.69) is 26.2 Å². The third kappa shape index (κ3) is 3.26.